The van der Waals surface area contributed by atoms with Crippen molar-refractivity contribution in [2.45, 2.75) is 6.92 Å². The Balaban J connectivity index is 1.61. The van der Waals surface area contributed by atoms with E-state index < -0.39 is 11.9 Å². The molecular weight excluding hydrogens is 410 g/mol. The number of ether oxygens (including phenoxy) is 2. The van der Waals surface area contributed by atoms with Crippen LogP contribution in [0.5, 0.6) is 5.75 Å². The first-order chi connectivity index (χ1) is 14.3. The number of fused-ring (bicyclic) bond motifs is 1. The van der Waals surface area contributed by atoms with Gasteiger partial charge in [0.15, 0.2) is 18.2 Å². The van der Waals surface area contributed by atoms with Crippen molar-refractivity contribution < 1.29 is 23.9 Å². The SMILES string of the molecule is CCOC(=O)COc1ccc(C(=O)CN2C=C3C=CC(C(=N)N)C(=O)C3C2)cc1Cl. The predicted octanol–water partition coefficient (Wildman–Crippen LogP) is 1.97. The number of hydrogen-bond donors (Lipinski definition) is 2. The number of esters is 1. The fourth-order valence-corrected chi connectivity index (χ4v) is 3.63. The molecule has 0 saturated heterocycles. The molecule has 30 heavy (non-hydrogen) atoms. The van der Waals surface area contributed by atoms with Crippen LogP contribution < -0.4 is 10.5 Å². The minimum atomic E-state index is -0.705. The van der Waals surface area contributed by atoms with Gasteiger partial charge in [-0.1, -0.05) is 23.8 Å². The molecule has 3 N–H and O–H groups in total. The second-order valence-corrected chi connectivity index (χ2v) is 7.37. The molecule has 0 spiro atoms. The van der Waals surface area contributed by atoms with Crippen molar-refractivity contribution in [3.63, 3.8) is 0 Å². The van der Waals surface area contributed by atoms with E-state index in [1.54, 1.807) is 36.2 Å². The van der Waals surface area contributed by atoms with Crippen molar-refractivity contribution in [2.24, 2.45) is 17.6 Å². The molecule has 0 bridgehead atoms. The summed E-state index contributed by atoms with van der Waals surface area (Å²) in [6, 6.07) is 4.58. The minimum absolute atomic E-state index is 0.0746. The van der Waals surface area contributed by atoms with E-state index in [0.29, 0.717) is 12.1 Å². The topological polar surface area (TPSA) is 123 Å². The summed E-state index contributed by atoms with van der Waals surface area (Å²) in [5, 5.41) is 7.74. The summed E-state index contributed by atoms with van der Waals surface area (Å²) < 4.78 is 10.1. The summed E-state index contributed by atoms with van der Waals surface area (Å²) in [4.78, 5) is 38.3. The van der Waals surface area contributed by atoms with Crippen molar-refractivity contribution in [3.8, 4) is 5.75 Å². The molecule has 9 heteroatoms. The third-order valence-electron chi connectivity index (χ3n) is 4.87. The average Bonchev–Trinajstić information content (AvgIpc) is 3.10. The number of ketones is 2. The Hall–Kier alpha value is -3.13. The van der Waals surface area contributed by atoms with Crippen LogP contribution in [-0.4, -0.2) is 54.6 Å². The van der Waals surface area contributed by atoms with Crippen LogP contribution in [0, 0.1) is 17.2 Å². The summed E-state index contributed by atoms with van der Waals surface area (Å²) in [7, 11) is 0. The zero-order valence-corrected chi connectivity index (χ0v) is 17.1. The molecule has 2 unspecified atom stereocenters. The molecule has 0 fully saturated rings. The molecule has 1 aromatic carbocycles. The van der Waals surface area contributed by atoms with Gasteiger partial charge in [-0.2, -0.15) is 0 Å². The van der Waals surface area contributed by atoms with Gasteiger partial charge in [0.05, 0.1) is 30.0 Å². The van der Waals surface area contributed by atoms with Gasteiger partial charge < -0.3 is 20.1 Å². The fraction of sp³-hybridized carbons (Fsp3) is 0.333. The summed E-state index contributed by atoms with van der Waals surface area (Å²) in [6.45, 7) is 2.12. The molecule has 8 nitrogen and oxygen atoms in total. The molecule has 1 heterocycles. The Morgan fingerprint density at radius 1 is 1.37 bits per heavy atom. The number of amidine groups is 1. The van der Waals surface area contributed by atoms with Gasteiger partial charge in [0.2, 0.25) is 0 Å². The van der Waals surface area contributed by atoms with E-state index in [1.807, 2.05) is 0 Å². The molecule has 3 rings (SSSR count). The second-order valence-electron chi connectivity index (χ2n) is 6.97. The smallest absolute Gasteiger partial charge is 0.344 e. The van der Waals surface area contributed by atoms with Crippen molar-refractivity contribution in [1.82, 2.24) is 4.90 Å². The van der Waals surface area contributed by atoms with Gasteiger partial charge in [-0.15, -0.1) is 0 Å². The van der Waals surface area contributed by atoms with Gasteiger partial charge in [-0.05, 0) is 30.7 Å². The maximum Gasteiger partial charge on any atom is 0.344 e. The number of nitrogens with one attached hydrogen (secondary N) is 1. The molecule has 1 aromatic rings. The second kappa shape index (κ2) is 9.13. The Kier molecular flexibility index (Phi) is 6.56. The van der Waals surface area contributed by atoms with Crippen molar-refractivity contribution >= 4 is 35.0 Å². The van der Waals surface area contributed by atoms with Gasteiger partial charge in [0, 0.05) is 18.3 Å². The number of rotatable bonds is 8. The third kappa shape index (κ3) is 4.71. The van der Waals surface area contributed by atoms with E-state index in [4.69, 9.17) is 32.2 Å². The van der Waals surface area contributed by atoms with Gasteiger partial charge in [-0.25, -0.2) is 4.79 Å². The molecule has 0 aromatic heterocycles. The van der Waals surface area contributed by atoms with E-state index in [1.165, 1.54) is 12.1 Å². The Morgan fingerprint density at radius 3 is 2.80 bits per heavy atom. The van der Waals surface area contributed by atoms with Crippen molar-refractivity contribution in [1.29, 1.82) is 5.41 Å². The highest BCUT2D eigenvalue weighted by Gasteiger charge is 2.37. The number of carbonyl (C=O) groups is 3. The van der Waals surface area contributed by atoms with Crippen LogP contribution in [0.4, 0.5) is 0 Å². The van der Waals surface area contributed by atoms with Crippen LogP contribution in [0.15, 0.2) is 42.1 Å². The highest BCUT2D eigenvalue weighted by molar-refractivity contribution is 6.32. The Bertz CT molecular complexity index is 956. The normalized spacial score (nSPS) is 19.9. The predicted molar refractivity (Wildman–Crippen MR) is 111 cm³/mol. The summed E-state index contributed by atoms with van der Waals surface area (Å²) in [5.41, 5.74) is 6.69. The van der Waals surface area contributed by atoms with E-state index in [2.05, 4.69) is 0 Å². The lowest BCUT2D eigenvalue weighted by Crippen LogP contribution is -2.37. The zero-order chi connectivity index (χ0) is 21.8. The summed E-state index contributed by atoms with van der Waals surface area (Å²) in [6.07, 6.45) is 5.19. The number of halogens is 1. The maximum atomic E-state index is 12.7. The lowest BCUT2D eigenvalue weighted by molar-refractivity contribution is -0.145. The first kappa shape index (κ1) is 21.6. The molecule has 2 aliphatic rings. The van der Waals surface area contributed by atoms with Gasteiger partial charge in [0.1, 0.15) is 11.6 Å². The molecule has 1 aliphatic carbocycles. The molecular formula is C21H22ClN3O5. The summed E-state index contributed by atoms with van der Waals surface area (Å²) >= 11 is 6.17. The largest absolute Gasteiger partial charge is 0.480 e. The highest BCUT2D eigenvalue weighted by atomic mass is 35.5. The Labute approximate surface area is 178 Å². The number of nitrogens with two attached hydrogens (primary N) is 1. The number of benzene rings is 1. The molecule has 0 saturated carbocycles. The minimum Gasteiger partial charge on any atom is -0.480 e. The van der Waals surface area contributed by atoms with E-state index in [-0.39, 0.29) is 53.9 Å². The standard InChI is InChI=1S/C21H22ClN3O5/c1-2-29-19(27)11-30-18-6-4-12(7-16(18)22)17(26)10-25-8-13-3-5-14(21(23)24)20(28)15(13)9-25/h3-8,14-15H,2,9-11H2,1H3,(H3,23,24). The number of allylic oxidation sites excluding steroid dienone is 1. The monoisotopic (exact) mass is 431 g/mol. The number of Topliss-reactive ketones (excluding diaryl/α,β-unsaturated/α-hetero) is 2. The van der Waals surface area contributed by atoms with E-state index in [0.717, 1.165) is 5.57 Å². The van der Waals surface area contributed by atoms with Crippen molar-refractivity contribution in [2.75, 3.05) is 26.3 Å². The summed E-state index contributed by atoms with van der Waals surface area (Å²) in [5.74, 6) is -1.80. The van der Waals surface area contributed by atoms with Crippen LogP contribution in [0.2, 0.25) is 5.02 Å². The van der Waals surface area contributed by atoms with Crippen molar-refractivity contribution in [3.05, 3.63) is 52.7 Å². The van der Waals surface area contributed by atoms with E-state index >= 15 is 0 Å². The van der Waals surface area contributed by atoms with Crippen LogP contribution in [-0.2, 0) is 14.3 Å². The zero-order valence-electron chi connectivity index (χ0n) is 16.4. The maximum absolute atomic E-state index is 12.7. The third-order valence-corrected chi connectivity index (χ3v) is 5.16. The molecule has 2 atom stereocenters. The first-order valence-corrected chi connectivity index (χ1v) is 9.80. The molecule has 0 radical (unpaired) electrons. The molecule has 158 valence electrons. The van der Waals surface area contributed by atoms with Crippen LogP contribution in [0.25, 0.3) is 0 Å². The number of carbonyl (C=O) groups excluding carboxylic acids is 3. The number of hydrogen-bond acceptors (Lipinski definition) is 7. The highest BCUT2D eigenvalue weighted by Crippen LogP contribution is 2.31. The molecule has 0 amide bonds. The average molecular weight is 432 g/mol. The van der Waals surface area contributed by atoms with E-state index in [9.17, 15) is 14.4 Å². The lowest BCUT2D eigenvalue weighted by Gasteiger charge is -2.22. The van der Waals surface area contributed by atoms with Gasteiger partial charge >= 0.3 is 5.97 Å². The van der Waals surface area contributed by atoms with Gasteiger partial charge in [-0.3, -0.25) is 15.0 Å². The fourth-order valence-electron chi connectivity index (χ4n) is 3.40. The van der Waals surface area contributed by atoms with Gasteiger partial charge in [0.25, 0.3) is 0 Å². The first-order valence-electron chi connectivity index (χ1n) is 9.43. The molecule has 1 aliphatic heterocycles. The number of nitrogens with zero attached hydrogens (tertiary/aromatic N) is 1. The quantitative estimate of drug-likeness (QED) is 0.279. The van der Waals surface area contributed by atoms with Crippen LogP contribution in [0.1, 0.15) is 17.3 Å². The van der Waals surface area contributed by atoms with Crippen LogP contribution in [0.3, 0.4) is 0 Å². The van der Waals surface area contributed by atoms with Crippen LogP contribution >= 0.6 is 11.6 Å². The Morgan fingerprint density at radius 2 is 2.13 bits per heavy atom. The lowest BCUT2D eigenvalue weighted by atomic mass is 9.83.